The van der Waals surface area contributed by atoms with E-state index >= 15 is 0 Å². The van der Waals surface area contributed by atoms with Gasteiger partial charge in [-0.3, -0.25) is 0 Å². The van der Waals surface area contributed by atoms with Crippen LogP contribution in [0.15, 0.2) is 24.3 Å². The minimum absolute atomic E-state index is 0.464. The zero-order valence-electron chi connectivity index (χ0n) is 10.6. The topological polar surface area (TPSA) is 74.6 Å². The third-order valence-corrected chi connectivity index (χ3v) is 2.02. The first-order chi connectivity index (χ1) is 7.95. The molecule has 4 heteroatoms. The second-order valence-corrected chi connectivity index (χ2v) is 3.58. The van der Waals surface area contributed by atoms with E-state index in [0.29, 0.717) is 5.57 Å². The fraction of sp³-hybridized carbons (Fsp3) is 0.538. The fourth-order valence-corrected chi connectivity index (χ4v) is 0.977. The van der Waals surface area contributed by atoms with E-state index in [2.05, 4.69) is 13.5 Å². The number of hydrogen-bond donors (Lipinski definition) is 2. The number of allylic oxidation sites excluding steroid dienone is 1. The van der Waals surface area contributed by atoms with Crippen LogP contribution in [-0.2, 0) is 9.59 Å². The van der Waals surface area contributed by atoms with Crippen LogP contribution in [0.5, 0.6) is 0 Å². The molecule has 0 aliphatic heterocycles. The van der Waals surface area contributed by atoms with Crippen LogP contribution in [0, 0.1) is 0 Å². The lowest BCUT2D eigenvalue weighted by molar-refractivity contribution is -0.133. The first-order valence-electron chi connectivity index (χ1n) is 5.71. The maximum atomic E-state index is 10.4. The van der Waals surface area contributed by atoms with Gasteiger partial charge in [-0.05, 0) is 19.8 Å². The van der Waals surface area contributed by atoms with Crippen molar-refractivity contribution >= 4 is 11.9 Å². The molecule has 0 aromatic rings. The van der Waals surface area contributed by atoms with Crippen molar-refractivity contribution in [2.24, 2.45) is 0 Å². The van der Waals surface area contributed by atoms with Crippen LogP contribution in [-0.4, -0.2) is 22.2 Å². The number of carboxylic acids is 2. The highest BCUT2D eigenvalue weighted by Crippen LogP contribution is 2.05. The molecule has 0 heterocycles. The third-order valence-electron chi connectivity index (χ3n) is 2.02. The maximum absolute atomic E-state index is 10.4. The molecule has 0 aliphatic rings. The lowest BCUT2D eigenvalue weighted by Gasteiger charge is -1.95. The number of aliphatic carboxylic acids is 2. The first kappa shape index (κ1) is 17.8. The van der Waals surface area contributed by atoms with Crippen molar-refractivity contribution in [2.75, 3.05) is 0 Å². The van der Waals surface area contributed by atoms with Crippen molar-refractivity contribution in [3.8, 4) is 0 Å². The van der Waals surface area contributed by atoms with E-state index in [9.17, 15) is 9.59 Å². The Morgan fingerprint density at radius 1 is 1.18 bits per heavy atom. The van der Waals surface area contributed by atoms with Crippen LogP contribution in [0.3, 0.4) is 0 Å². The smallest absolute Gasteiger partial charge is 0.330 e. The van der Waals surface area contributed by atoms with Gasteiger partial charge in [0, 0.05) is 11.6 Å². The SMILES string of the molecule is C=CC(=O)O.CCCCCCC=C(C)C(=O)O. The van der Waals surface area contributed by atoms with Crippen LogP contribution in [0.25, 0.3) is 0 Å². The molecule has 2 N–H and O–H groups in total. The summed E-state index contributed by atoms with van der Waals surface area (Å²) in [6, 6.07) is 0. The van der Waals surface area contributed by atoms with Gasteiger partial charge in [-0.15, -0.1) is 0 Å². The first-order valence-corrected chi connectivity index (χ1v) is 5.71. The highest BCUT2D eigenvalue weighted by Gasteiger charge is 1.97. The summed E-state index contributed by atoms with van der Waals surface area (Å²) in [5.41, 5.74) is 0.464. The molecule has 0 unspecified atom stereocenters. The van der Waals surface area contributed by atoms with Gasteiger partial charge in [0.15, 0.2) is 0 Å². The van der Waals surface area contributed by atoms with Gasteiger partial charge in [0.2, 0.25) is 0 Å². The molecular weight excluding hydrogens is 220 g/mol. The summed E-state index contributed by atoms with van der Waals surface area (Å²) in [4.78, 5) is 19.6. The van der Waals surface area contributed by atoms with Crippen LogP contribution in [0.4, 0.5) is 0 Å². The Kier molecular flexibility index (Phi) is 13.1. The highest BCUT2D eigenvalue weighted by atomic mass is 16.4. The average molecular weight is 242 g/mol. The summed E-state index contributed by atoms with van der Waals surface area (Å²) in [6.07, 6.45) is 8.33. The Balaban J connectivity index is 0. The molecule has 4 nitrogen and oxygen atoms in total. The van der Waals surface area contributed by atoms with Gasteiger partial charge in [0.05, 0.1) is 0 Å². The van der Waals surface area contributed by atoms with Crippen LogP contribution in [0.2, 0.25) is 0 Å². The Morgan fingerprint density at radius 2 is 1.71 bits per heavy atom. The van der Waals surface area contributed by atoms with Crippen molar-refractivity contribution < 1.29 is 19.8 Å². The molecule has 17 heavy (non-hydrogen) atoms. The van der Waals surface area contributed by atoms with Gasteiger partial charge in [-0.1, -0.05) is 38.8 Å². The van der Waals surface area contributed by atoms with E-state index in [1.807, 2.05) is 0 Å². The second-order valence-electron chi connectivity index (χ2n) is 3.58. The van der Waals surface area contributed by atoms with Crippen molar-refractivity contribution in [3.63, 3.8) is 0 Å². The van der Waals surface area contributed by atoms with Gasteiger partial charge >= 0.3 is 11.9 Å². The molecule has 0 aromatic carbocycles. The van der Waals surface area contributed by atoms with Gasteiger partial charge in [-0.25, -0.2) is 9.59 Å². The lowest BCUT2D eigenvalue weighted by atomic mass is 10.1. The monoisotopic (exact) mass is 242 g/mol. The van der Waals surface area contributed by atoms with Gasteiger partial charge in [-0.2, -0.15) is 0 Å². The molecule has 0 radical (unpaired) electrons. The molecule has 0 rings (SSSR count). The predicted octanol–water partition coefficient (Wildman–Crippen LogP) is 3.24. The van der Waals surface area contributed by atoms with E-state index in [0.717, 1.165) is 18.9 Å². The van der Waals surface area contributed by atoms with Crippen LogP contribution < -0.4 is 0 Å². The van der Waals surface area contributed by atoms with Crippen molar-refractivity contribution in [2.45, 2.75) is 46.0 Å². The zero-order valence-corrected chi connectivity index (χ0v) is 10.6. The Bertz CT molecular complexity index is 267. The number of unbranched alkanes of at least 4 members (excludes halogenated alkanes) is 4. The number of carboxylic acid groups (broad SMARTS) is 2. The normalized spacial score (nSPS) is 10.1. The largest absolute Gasteiger partial charge is 0.478 e. The maximum Gasteiger partial charge on any atom is 0.330 e. The number of hydrogen-bond acceptors (Lipinski definition) is 2. The van der Waals surface area contributed by atoms with Gasteiger partial charge in [0.25, 0.3) is 0 Å². The van der Waals surface area contributed by atoms with E-state index in [1.54, 1.807) is 13.0 Å². The minimum Gasteiger partial charge on any atom is -0.478 e. The lowest BCUT2D eigenvalue weighted by Crippen LogP contribution is -1.95. The van der Waals surface area contributed by atoms with Crippen molar-refractivity contribution in [1.82, 2.24) is 0 Å². The van der Waals surface area contributed by atoms with E-state index in [1.165, 1.54) is 19.3 Å². The molecular formula is C13H22O4. The molecule has 0 bridgehead atoms. The molecule has 0 aliphatic carbocycles. The van der Waals surface area contributed by atoms with Gasteiger partial charge in [0.1, 0.15) is 0 Å². The molecule has 0 saturated carbocycles. The second kappa shape index (κ2) is 12.5. The molecule has 0 fully saturated rings. The fourth-order valence-electron chi connectivity index (χ4n) is 0.977. The zero-order chi connectivity index (χ0) is 13.7. The highest BCUT2D eigenvalue weighted by molar-refractivity contribution is 5.85. The molecule has 0 spiro atoms. The summed E-state index contributed by atoms with van der Waals surface area (Å²) >= 11 is 0. The van der Waals surface area contributed by atoms with Crippen molar-refractivity contribution in [1.29, 1.82) is 0 Å². The third kappa shape index (κ3) is 17.1. The standard InChI is InChI=1S/C10H18O2.C3H4O2/c1-3-4-5-6-7-8-9(2)10(11)12;1-2-3(4)5/h8H,3-7H2,1-2H3,(H,11,12);2H,1H2,(H,4,5). The Morgan fingerprint density at radius 3 is 2.06 bits per heavy atom. The van der Waals surface area contributed by atoms with E-state index < -0.39 is 11.9 Å². The molecule has 98 valence electrons. The van der Waals surface area contributed by atoms with E-state index in [4.69, 9.17) is 10.2 Å². The van der Waals surface area contributed by atoms with Gasteiger partial charge < -0.3 is 10.2 Å². The predicted molar refractivity (Wildman–Crippen MR) is 68.0 cm³/mol. The van der Waals surface area contributed by atoms with Crippen LogP contribution >= 0.6 is 0 Å². The summed E-state index contributed by atoms with van der Waals surface area (Å²) in [5, 5.41) is 16.1. The molecule has 0 amide bonds. The Hall–Kier alpha value is -1.58. The summed E-state index contributed by atoms with van der Waals surface area (Å²) in [7, 11) is 0. The van der Waals surface area contributed by atoms with Crippen molar-refractivity contribution in [3.05, 3.63) is 24.3 Å². The summed E-state index contributed by atoms with van der Waals surface area (Å²) in [5.74, 6) is -1.78. The number of carbonyl (C=O) groups is 2. The summed E-state index contributed by atoms with van der Waals surface area (Å²) < 4.78 is 0. The minimum atomic E-state index is -0.981. The quantitative estimate of drug-likeness (QED) is 0.531. The summed E-state index contributed by atoms with van der Waals surface area (Å²) in [6.45, 7) is 6.77. The molecule has 0 aromatic heterocycles. The molecule has 0 atom stereocenters. The Labute approximate surface area is 103 Å². The van der Waals surface area contributed by atoms with E-state index in [-0.39, 0.29) is 0 Å². The molecule has 0 saturated heterocycles. The average Bonchev–Trinajstić information content (AvgIpc) is 2.29. The van der Waals surface area contributed by atoms with Crippen LogP contribution in [0.1, 0.15) is 46.0 Å². The number of rotatable bonds is 7.